The van der Waals surface area contributed by atoms with E-state index in [-0.39, 0.29) is 0 Å². The first-order valence-corrected chi connectivity index (χ1v) is 10.5. The van der Waals surface area contributed by atoms with Gasteiger partial charge in [-0.25, -0.2) is 8.42 Å². The summed E-state index contributed by atoms with van der Waals surface area (Å²) in [6, 6.07) is 6.24. The molecule has 1 unspecified atom stereocenters. The Bertz CT molecular complexity index is 773. The summed E-state index contributed by atoms with van der Waals surface area (Å²) in [6.07, 6.45) is 5.61. The number of benzene rings is 1. The average Bonchev–Trinajstić information content (AvgIpc) is 2.59. The number of fused-ring (bicyclic) bond motifs is 1. The fourth-order valence-corrected chi connectivity index (χ4v) is 4.43. The monoisotopic (exact) mass is 366 g/mol. The Morgan fingerprint density at radius 2 is 1.92 bits per heavy atom. The minimum atomic E-state index is -3.32. The van der Waals surface area contributed by atoms with E-state index in [4.69, 9.17) is 9.47 Å². The Kier molecular flexibility index (Phi) is 5.24. The number of hydrogen-bond donors (Lipinski definition) is 1. The van der Waals surface area contributed by atoms with Gasteiger partial charge in [0.15, 0.2) is 11.5 Å². The molecule has 0 amide bonds. The molecule has 6 nitrogen and oxygen atoms in total. The van der Waals surface area contributed by atoms with Crippen LogP contribution in [0.3, 0.4) is 0 Å². The van der Waals surface area contributed by atoms with Crippen LogP contribution in [0.1, 0.15) is 31.2 Å². The average molecular weight is 366 g/mol. The summed E-state index contributed by atoms with van der Waals surface area (Å²) in [7, 11) is -0.110. The van der Waals surface area contributed by atoms with Gasteiger partial charge in [-0.2, -0.15) is 0 Å². The Balaban J connectivity index is 2.03. The zero-order chi connectivity index (χ0) is 18.0. The van der Waals surface area contributed by atoms with Crippen LogP contribution in [0.4, 0.5) is 0 Å². The van der Waals surface area contributed by atoms with Crippen molar-refractivity contribution in [2.45, 2.75) is 31.7 Å². The van der Waals surface area contributed by atoms with Crippen molar-refractivity contribution in [1.82, 2.24) is 9.62 Å². The number of nitrogens with one attached hydrogen (secondary N) is 1. The van der Waals surface area contributed by atoms with Crippen LogP contribution >= 0.6 is 0 Å². The van der Waals surface area contributed by atoms with Crippen LogP contribution in [0.15, 0.2) is 23.9 Å². The Hall–Kier alpha value is -1.73. The molecule has 25 heavy (non-hydrogen) atoms. The van der Waals surface area contributed by atoms with Gasteiger partial charge in [0.1, 0.15) is 0 Å². The van der Waals surface area contributed by atoms with Crippen LogP contribution in [0.25, 0.3) is 5.57 Å². The minimum Gasteiger partial charge on any atom is -0.493 e. The van der Waals surface area contributed by atoms with E-state index in [0.29, 0.717) is 24.1 Å². The predicted molar refractivity (Wildman–Crippen MR) is 98.3 cm³/mol. The van der Waals surface area contributed by atoms with E-state index in [1.54, 1.807) is 14.2 Å². The minimum absolute atomic E-state index is 0.474. The SMILES string of the molecule is COc1ccc(C2=C(NS(C)(=O)=O)CN3CCCCC3C2)cc1OC. The van der Waals surface area contributed by atoms with Gasteiger partial charge in [0, 0.05) is 18.3 Å². The second kappa shape index (κ2) is 7.25. The fourth-order valence-electron chi connectivity index (χ4n) is 3.79. The molecule has 2 aliphatic heterocycles. The Labute approximate surface area is 149 Å². The molecule has 3 rings (SSSR count). The highest BCUT2D eigenvalue weighted by Crippen LogP contribution is 2.37. The number of rotatable bonds is 5. The number of hydrogen-bond acceptors (Lipinski definition) is 5. The van der Waals surface area contributed by atoms with Gasteiger partial charge < -0.3 is 9.47 Å². The van der Waals surface area contributed by atoms with Crippen molar-refractivity contribution in [3.8, 4) is 11.5 Å². The quantitative estimate of drug-likeness (QED) is 0.865. The van der Waals surface area contributed by atoms with E-state index < -0.39 is 10.0 Å². The van der Waals surface area contributed by atoms with Crippen molar-refractivity contribution in [2.75, 3.05) is 33.6 Å². The van der Waals surface area contributed by atoms with E-state index >= 15 is 0 Å². The van der Waals surface area contributed by atoms with Crippen LogP contribution < -0.4 is 14.2 Å². The van der Waals surface area contributed by atoms with Crippen molar-refractivity contribution in [2.24, 2.45) is 0 Å². The second-order valence-electron chi connectivity index (χ2n) is 6.73. The van der Waals surface area contributed by atoms with E-state index in [9.17, 15) is 8.42 Å². The van der Waals surface area contributed by atoms with Crippen molar-refractivity contribution in [1.29, 1.82) is 0 Å². The van der Waals surface area contributed by atoms with E-state index in [1.807, 2.05) is 18.2 Å². The van der Waals surface area contributed by atoms with Gasteiger partial charge in [0.2, 0.25) is 10.0 Å². The number of ether oxygens (including phenoxy) is 2. The summed E-state index contributed by atoms with van der Waals surface area (Å²) in [5.41, 5.74) is 2.80. The molecular weight excluding hydrogens is 340 g/mol. The van der Waals surface area contributed by atoms with Crippen LogP contribution in [0, 0.1) is 0 Å². The van der Waals surface area contributed by atoms with Gasteiger partial charge in [-0.3, -0.25) is 9.62 Å². The highest BCUT2D eigenvalue weighted by molar-refractivity contribution is 7.88. The van der Waals surface area contributed by atoms with Crippen LogP contribution in [-0.4, -0.2) is 52.9 Å². The third-order valence-electron chi connectivity index (χ3n) is 4.95. The summed E-state index contributed by atoms with van der Waals surface area (Å²) in [4.78, 5) is 2.39. The van der Waals surface area contributed by atoms with Gasteiger partial charge in [-0.1, -0.05) is 12.5 Å². The van der Waals surface area contributed by atoms with Gasteiger partial charge in [-0.05, 0) is 49.1 Å². The summed E-state index contributed by atoms with van der Waals surface area (Å²) in [5, 5.41) is 0. The maximum absolute atomic E-state index is 11.9. The molecule has 1 fully saturated rings. The topological polar surface area (TPSA) is 67.9 Å². The van der Waals surface area contributed by atoms with Crippen molar-refractivity contribution < 1.29 is 17.9 Å². The van der Waals surface area contributed by atoms with Crippen LogP contribution in [0.2, 0.25) is 0 Å². The molecular formula is C18H26N2O4S. The normalized spacial score (nSPS) is 21.6. The number of piperidine rings is 1. The molecule has 2 heterocycles. The molecule has 0 radical (unpaired) electrons. The molecule has 1 aromatic rings. The zero-order valence-electron chi connectivity index (χ0n) is 15.0. The largest absolute Gasteiger partial charge is 0.493 e. The number of methoxy groups -OCH3 is 2. The van der Waals surface area contributed by atoms with Crippen molar-refractivity contribution >= 4 is 15.6 Å². The zero-order valence-corrected chi connectivity index (χ0v) is 15.9. The summed E-state index contributed by atoms with van der Waals surface area (Å²) >= 11 is 0. The van der Waals surface area contributed by atoms with E-state index in [0.717, 1.165) is 36.2 Å². The lowest BCUT2D eigenvalue weighted by atomic mass is 9.87. The van der Waals surface area contributed by atoms with Gasteiger partial charge in [-0.15, -0.1) is 0 Å². The van der Waals surface area contributed by atoms with Crippen molar-refractivity contribution in [3.05, 3.63) is 29.5 Å². The molecule has 7 heteroatoms. The molecule has 1 saturated heterocycles. The lowest BCUT2D eigenvalue weighted by Gasteiger charge is -2.41. The standard InChI is InChI=1S/C18H26N2O4S/c1-23-17-8-7-13(10-18(17)24-2)15-11-14-6-4-5-9-20(14)12-16(15)19-25(3,21)22/h7-8,10,14,19H,4-6,9,11-12H2,1-3H3. The molecule has 138 valence electrons. The lowest BCUT2D eigenvalue weighted by Crippen LogP contribution is -2.46. The molecule has 0 aromatic heterocycles. The summed E-state index contributed by atoms with van der Waals surface area (Å²) < 4.78 is 37.2. The van der Waals surface area contributed by atoms with Gasteiger partial charge in [0.05, 0.1) is 20.5 Å². The molecule has 1 N–H and O–H groups in total. The third kappa shape index (κ3) is 4.10. The van der Waals surface area contributed by atoms with E-state index in [2.05, 4.69) is 9.62 Å². The number of sulfonamides is 1. The summed E-state index contributed by atoms with van der Waals surface area (Å²) in [5.74, 6) is 1.32. The fraction of sp³-hybridized carbons (Fsp3) is 0.556. The molecule has 0 spiro atoms. The highest BCUT2D eigenvalue weighted by atomic mass is 32.2. The first-order chi connectivity index (χ1) is 11.9. The summed E-state index contributed by atoms with van der Waals surface area (Å²) in [6.45, 7) is 1.67. The molecule has 0 aliphatic carbocycles. The first kappa shape index (κ1) is 18.1. The van der Waals surface area contributed by atoms with E-state index in [1.165, 1.54) is 19.1 Å². The maximum atomic E-state index is 11.9. The Morgan fingerprint density at radius 1 is 1.16 bits per heavy atom. The van der Waals surface area contributed by atoms with Gasteiger partial charge in [0.25, 0.3) is 0 Å². The predicted octanol–water partition coefficient (Wildman–Crippen LogP) is 2.22. The highest BCUT2D eigenvalue weighted by Gasteiger charge is 2.31. The molecule has 2 aliphatic rings. The molecule has 1 aromatic carbocycles. The van der Waals surface area contributed by atoms with Crippen molar-refractivity contribution in [3.63, 3.8) is 0 Å². The smallest absolute Gasteiger partial charge is 0.229 e. The van der Waals surface area contributed by atoms with Gasteiger partial charge >= 0.3 is 0 Å². The molecule has 1 atom stereocenters. The molecule has 0 bridgehead atoms. The molecule has 0 saturated carbocycles. The Morgan fingerprint density at radius 3 is 2.60 bits per heavy atom. The third-order valence-corrected chi connectivity index (χ3v) is 5.57. The van der Waals surface area contributed by atoms with Crippen LogP contribution in [-0.2, 0) is 10.0 Å². The lowest BCUT2D eigenvalue weighted by molar-refractivity contribution is 0.155. The first-order valence-electron chi connectivity index (χ1n) is 8.57. The second-order valence-corrected chi connectivity index (χ2v) is 8.47. The van der Waals surface area contributed by atoms with Crippen LogP contribution in [0.5, 0.6) is 11.5 Å². The number of nitrogens with zero attached hydrogens (tertiary/aromatic N) is 1. The maximum Gasteiger partial charge on any atom is 0.229 e.